The second-order valence-electron chi connectivity index (χ2n) is 4.43. The average molecular weight is 291 g/mol. The summed E-state index contributed by atoms with van der Waals surface area (Å²) >= 11 is 0. The number of benzene rings is 1. The molecule has 0 bridgehead atoms. The van der Waals surface area contributed by atoms with Crippen LogP contribution in [0, 0.1) is 17.6 Å². The van der Waals surface area contributed by atoms with Crippen LogP contribution in [-0.4, -0.2) is 20.6 Å². The fourth-order valence-corrected chi connectivity index (χ4v) is 1.97. The summed E-state index contributed by atoms with van der Waals surface area (Å²) in [6.07, 6.45) is 1.29. The Labute approximate surface area is 114 Å². The van der Waals surface area contributed by atoms with E-state index in [1.54, 1.807) is 13.8 Å². The maximum absolute atomic E-state index is 13.2. The molecule has 104 valence electrons. The van der Waals surface area contributed by atoms with Crippen LogP contribution in [-0.2, 0) is 4.79 Å². The van der Waals surface area contributed by atoms with Gasteiger partial charge in [-0.05, 0) is 5.92 Å². The number of hydrogen-bond donors (Lipinski definition) is 1. The van der Waals surface area contributed by atoms with Crippen LogP contribution in [0.1, 0.15) is 19.9 Å². The molecular weight excluding hydrogens is 278 g/mol. The molecule has 1 unspecified atom stereocenters. The number of nitrogens with zero attached hydrogens (tertiary/aromatic N) is 2. The molecule has 7 heteroatoms. The van der Waals surface area contributed by atoms with Crippen molar-refractivity contribution in [3.8, 4) is 0 Å². The van der Waals surface area contributed by atoms with E-state index < -0.39 is 23.6 Å². The summed E-state index contributed by atoms with van der Waals surface area (Å²) in [5, 5.41) is 9.18. The molecule has 0 radical (unpaired) electrons. The lowest BCUT2D eigenvalue weighted by Crippen LogP contribution is -2.23. The quantitative estimate of drug-likeness (QED) is 0.945. The van der Waals surface area contributed by atoms with Crippen molar-refractivity contribution in [1.29, 1.82) is 0 Å². The van der Waals surface area contributed by atoms with Gasteiger partial charge in [0.05, 0.1) is 17.4 Å². The van der Waals surface area contributed by atoms with Crippen molar-refractivity contribution in [3.05, 3.63) is 30.1 Å². The molecule has 4 nitrogen and oxygen atoms in total. The first kappa shape index (κ1) is 15.4. The van der Waals surface area contributed by atoms with Crippen LogP contribution in [0.15, 0.2) is 18.5 Å². The number of carboxylic acids is 1. The zero-order valence-electron chi connectivity index (χ0n) is 10.3. The molecule has 0 aliphatic heterocycles. The summed E-state index contributed by atoms with van der Waals surface area (Å²) in [5.74, 6) is -3.25. The molecule has 0 aliphatic carbocycles. The lowest BCUT2D eigenvalue weighted by atomic mass is 10.0. The fourth-order valence-electron chi connectivity index (χ4n) is 1.97. The van der Waals surface area contributed by atoms with Gasteiger partial charge < -0.3 is 9.67 Å². The van der Waals surface area contributed by atoms with E-state index in [0.717, 1.165) is 12.1 Å². The van der Waals surface area contributed by atoms with Crippen LogP contribution in [0.5, 0.6) is 0 Å². The highest BCUT2D eigenvalue weighted by molar-refractivity contribution is 5.85. The molecule has 0 aliphatic rings. The van der Waals surface area contributed by atoms with Crippen molar-refractivity contribution in [3.63, 3.8) is 0 Å². The number of fused-ring (bicyclic) bond motifs is 1. The molecule has 0 amide bonds. The van der Waals surface area contributed by atoms with E-state index in [0.29, 0.717) is 0 Å². The largest absolute Gasteiger partial charge is 0.480 e. The minimum atomic E-state index is -1.03. The van der Waals surface area contributed by atoms with Crippen molar-refractivity contribution < 1.29 is 18.7 Å². The van der Waals surface area contributed by atoms with E-state index >= 15 is 0 Å². The number of carbonyl (C=O) groups is 1. The van der Waals surface area contributed by atoms with Crippen molar-refractivity contribution in [2.75, 3.05) is 0 Å². The number of halogens is 3. The van der Waals surface area contributed by atoms with Gasteiger partial charge in [-0.3, -0.25) is 0 Å². The third kappa shape index (κ3) is 2.68. The Morgan fingerprint density at radius 1 is 1.32 bits per heavy atom. The Bertz CT molecular complexity index is 613. The molecule has 2 aromatic rings. The molecule has 1 aromatic carbocycles. The van der Waals surface area contributed by atoms with Crippen molar-refractivity contribution in [1.82, 2.24) is 9.55 Å². The molecule has 0 saturated heterocycles. The zero-order valence-corrected chi connectivity index (χ0v) is 11.1. The number of aromatic nitrogens is 2. The summed E-state index contributed by atoms with van der Waals surface area (Å²) in [4.78, 5) is 15.1. The zero-order chi connectivity index (χ0) is 13.4. The third-order valence-electron chi connectivity index (χ3n) is 2.80. The molecule has 1 heterocycles. The van der Waals surface area contributed by atoms with Gasteiger partial charge in [0.1, 0.15) is 6.04 Å². The van der Waals surface area contributed by atoms with E-state index in [4.69, 9.17) is 0 Å². The van der Waals surface area contributed by atoms with E-state index in [-0.39, 0.29) is 29.4 Å². The van der Waals surface area contributed by atoms with Crippen molar-refractivity contribution in [2.45, 2.75) is 19.9 Å². The molecule has 0 saturated carbocycles. The second-order valence-corrected chi connectivity index (χ2v) is 4.43. The van der Waals surface area contributed by atoms with Gasteiger partial charge in [0.25, 0.3) is 0 Å². The van der Waals surface area contributed by atoms with E-state index in [9.17, 15) is 18.7 Å². The van der Waals surface area contributed by atoms with Gasteiger partial charge in [0, 0.05) is 12.1 Å². The minimum Gasteiger partial charge on any atom is -0.480 e. The van der Waals surface area contributed by atoms with E-state index in [1.165, 1.54) is 10.9 Å². The maximum atomic E-state index is 13.2. The Balaban J connectivity index is 0.00000180. The highest BCUT2D eigenvalue weighted by Crippen LogP contribution is 2.25. The standard InChI is InChI=1S/C12H12F2N2O2.ClH/c1-6(2)11(12(17)18)16-5-15-9-3-7(13)8(14)4-10(9)16;/h3-6,11H,1-2H3,(H,17,18);1H. The summed E-state index contributed by atoms with van der Waals surface area (Å²) < 4.78 is 27.6. The first-order valence-electron chi connectivity index (χ1n) is 5.46. The first-order valence-corrected chi connectivity index (χ1v) is 5.46. The lowest BCUT2D eigenvalue weighted by Gasteiger charge is -2.18. The summed E-state index contributed by atoms with van der Waals surface area (Å²) in [5.41, 5.74) is 0.510. The summed E-state index contributed by atoms with van der Waals surface area (Å²) in [7, 11) is 0. The number of carboxylic acid groups (broad SMARTS) is 1. The number of aliphatic carboxylic acids is 1. The van der Waals surface area contributed by atoms with Crippen LogP contribution in [0.25, 0.3) is 11.0 Å². The smallest absolute Gasteiger partial charge is 0.327 e. The van der Waals surface area contributed by atoms with Gasteiger partial charge in [0.15, 0.2) is 11.6 Å². The Kier molecular flexibility index (Phi) is 4.47. The topological polar surface area (TPSA) is 55.1 Å². The molecule has 1 atom stereocenters. The molecule has 1 aromatic heterocycles. The fraction of sp³-hybridized carbons (Fsp3) is 0.333. The molecule has 2 rings (SSSR count). The predicted octanol–water partition coefficient (Wildman–Crippen LogP) is 3.02. The van der Waals surface area contributed by atoms with Crippen LogP contribution in [0.3, 0.4) is 0 Å². The monoisotopic (exact) mass is 290 g/mol. The molecule has 19 heavy (non-hydrogen) atoms. The van der Waals surface area contributed by atoms with Crippen LogP contribution in [0.4, 0.5) is 8.78 Å². The van der Waals surface area contributed by atoms with Gasteiger partial charge >= 0.3 is 5.97 Å². The Morgan fingerprint density at radius 2 is 1.89 bits per heavy atom. The minimum absolute atomic E-state index is 0. The number of hydrogen-bond acceptors (Lipinski definition) is 2. The molecule has 0 spiro atoms. The van der Waals surface area contributed by atoms with Crippen molar-refractivity contribution in [2.24, 2.45) is 5.92 Å². The second kappa shape index (κ2) is 5.52. The SMILES string of the molecule is CC(C)C(C(=O)O)n1cnc2cc(F)c(F)cc21.Cl. The Hall–Kier alpha value is -1.69. The van der Waals surface area contributed by atoms with Crippen LogP contribution < -0.4 is 0 Å². The molecular formula is C12H13ClF2N2O2. The predicted molar refractivity (Wildman–Crippen MR) is 68.4 cm³/mol. The highest BCUT2D eigenvalue weighted by atomic mass is 35.5. The maximum Gasteiger partial charge on any atom is 0.327 e. The Morgan fingerprint density at radius 3 is 2.42 bits per heavy atom. The van der Waals surface area contributed by atoms with Crippen LogP contribution >= 0.6 is 12.4 Å². The van der Waals surface area contributed by atoms with Gasteiger partial charge in [0.2, 0.25) is 0 Å². The average Bonchev–Trinajstić information content (AvgIpc) is 2.62. The van der Waals surface area contributed by atoms with Gasteiger partial charge in [-0.15, -0.1) is 12.4 Å². The highest BCUT2D eigenvalue weighted by Gasteiger charge is 2.25. The summed E-state index contributed by atoms with van der Waals surface area (Å²) in [6, 6.07) is 1.07. The van der Waals surface area contributed by atoms with Gasteiger partial charge in [-0.2, -0.15) is 0 Å². The summed E-state index contributed by atoms with van der Waals surface area (Å²) in [6.45, 7) is 3.48. The number of rotatable bonds is 3. The third-order valence-corrected chi connectivity index (χ3v) is 2.80. The van der Waals surface area contributed by atoms with Crippen LogP contribution in [0.2, 0.25) is 0 Å². The van der Waals surface area contributed by atoms with Gasteiger partial charge in [-0.25, -0.2) is 18.6 Å². The van der Waals surface area contributed by atoms with Gasteiger partial charge in [-0.1, -0.05) is 13.8 Å². The normalized spacial score (nSPS) is 12.5. The van der Waals surface area contributed by atoms with Crippen molar-refractivity contribution >= 4 is 29.4 Å². The van der Waals surface area contributed by atoms with E-state index in [1.807, 2.05) is 0 Å². The number of imidazole rings is 1. The molecule has 1 N–H and O–H groups in total. The van der Waals surface area contributed by atoms with E-state index in [2.05, 4.69) is 4.98 Å². The first-order chi connectivity index (χ1) is 8.41. The molecule has 0 fully saturated rings. The lowest BCUT2D eigenvalue weighted by molar-refractivity contribution is -0.142.